The van der Waals surface area contributed by atoms with Crippen molar-refractivity contribution in [1.82, 2.24) is 29.6 Å². The Labute approximate surface area is 275 Å². The number of halogens is 2. The van der Waals surface area contributed by atoms with Gasteiger partial charge in [0.1, 0.15) is 11.3 Å². The molecule has 0 radical (unpaired) electrons. The molecule has 1 N–H and O–H groups in total. The number of H-pyrrole nitrogens is 1. The summed E-state index contributed by atoms with van der Waals surface area (Å²) in [4.78, 5) is 40.2. The minimum Gasteiger partial charge on any atom is -0.491 e. The highest BCUT2D eigenvalue weighted by Crippen LogP contribution is 2.50. The van der Waals surface area contributed by atoms with Crippen molar-refractivity contribution >= 4 is 45.1 Å². The minimum atomic E-state index is -0.682. The molecule has 2 aliphatic heterocycles. The van der Waals surface area contributed by atoms with Gasteiger partial charge >= 0.3 is 5.69 Å². The Morgan fingerprint density at radius 2 is 1.98 bits per heavy atom. The highest BCUT2D eigenvalue weighted by atomic mass is 35.5. The summed E-state index contributed by atoms with van der Waals surface area (Å²) in [6.45, 7) is 14.3. The van der Waals surface area contributed by atoms with Crippen LogP contribution >= 0.6 is 11.6 Å². The molecule has 2 unspecified atom stereocenters. The van der Waals surface area contributed by atoms with Crippen LogP contribution in [-0.4, -0.2) is 67.3 Å². The lowest BCUT2D eigenvalue weighted by atomic mass is 9.93. The number of anilines is 1. The molecular weight excluding hydrogens is 621 g/mol. The van der Waals surface area contributed by atoms with Gasteiger partial charge in [-0.1, -0.05) is 38.1 Å². The van der Waals surface area contributed by atoms with Crippen molar-refractivity contribution in [3.63, 3.8) is 0 Å². The third kappa shape index (κ3) is 4.70. The number of aromatic nitrogens is 5. The number of hydrogen-bond donors (Lipinski definition) is 1. The van der Waals surface area contributed by atoms with Crippen LogP contribution in [0.1, 0.15) is 49.9 Å². The number of fused-ring (bicyclic) bond motifs is 3. The van der Waals surface area contributed by atoms with Crippen molar-refractivity contribution in [3.05, 3.63) is 81.4 Å². The van der Waals surface area contributed by atoms with Crippen LogP contribution in [0.2, 0.25) is 5.02 Å². The second-order valence-corrected chi connectivity index (χ2v) is 13.1. The molecule has 2 aliphatic rings. The van der Waals surface area contributed by atoms with Crippen molar-refractivity contribution in [2.45, 2.75) is 59.0 Å². The highest BCUT2D eigenvalue weighted by molar-refractivity contribution is 6.37. The standard InChI is InChI=1S/C35H35ClFN7O3/c1-7-24(45)42-15-20(6)43-21(16-42)11-13-47-33-27-32(29(37)26(28(33)36)25-18(4)8-9-23-22(25)14-39-41-23)44(35(46)40-34(27)43)31-19(5)10-12-38-30(31)17(2)3/h7-10,12,14,17,20-21H,1,11,13,15-16H2,2-6H3,(H,39,41). The van der Waals surface area contributed by atoms with Gasteiger partial charge in [-0.3, -0.25) is 19.4 Å². The average Bonchev–Trinajstić information content (AvgIpc) is 3.51. The fourth-order valence-corrected chi connectivity index (χ4v) is 7.59. The van der Waals surface area contributed by atoms with E-state index in [0.29, 0.717) is 52.7 Å². The lowest BCUT2D eigenvalue weighted by molar-refractivity contribution is -0.127. The van der Waals surface area contributed by atoms with Gasteiger partial charge in [0, 0.05) is 48.3 Å². The van der Waals surface area contributed by atoms with Gasteiger partial charge in [-0.2, -0.15) is 10.1 Å². The predicted octanol–water partition coefficient (Wildman–Crippen LogP) is 6.23. The van der Waals surface area contributed by atoms with E-state index in [1.54, 1.807) is 23.4 Å². The Morgan fingerprint density at radius 1 is 1.19 bits per heavy atom. The SMILES string of the molecule is C=CC(=O)N1CC(C)N2c3nc(=O)n(-c4c(C)ccnc4C(C)C)c4c(F)c(-c5c(C)ccc6[nH]ncc56)c(Cl)c(c34)OCCC2C1. The molecule has 0 bridgehead atoms. The van der Waals surface area contributed by atoms with Gasteiger partial charge in [0.2, 0.25) is 5.91 Å². The summed E-state index contributed by atoms with van der Waals surface area (Å²) in [5.74, 6) is -0.422. The monoisotopic (exact) mass is 655 g/mol. The third-order valence-electron chi connectivity index (χ3n) is 9.37. The summed E-state index contributed by atoms with van der Waals surface area (Å²) in [6.07, 6.45) is 5.14. The van der Waals surface area contributed by atoms with Crippen LogP contribution in [0.25, 0.3) is 38.6 Å². The van der Waals surface area contributed by atoms with Crippen molar-refractivity contribution in [1.29, 1.82) is 0 Å². The molecule has 5 heterocycles. The fourth-order valence-electron chi connectivity index (χ4n) is 7.26. The Bertz CT molecular complexity index is 2180. The van der Waals surface area contributed by atoms with Crippen LogP contribution < -0.4 is 15.3 Å². The molecule has 1 saturated heterocycles. The van der Waals surface area contributed by atoms with Crippen LogP contribution in [0.4, 0.5) is 10.2 Å². The lowest BCUT2D eigenvalue weighted by Gasteiger charge is -2.47. The van der Waals surface area contributed by atoms with E-state index in [0.717, 1.165) is 11.1 Å². The van der Waals surface area contributed by atoms with E-state index in [4.69, 9.17) is 16.3 Å². The van der Waals surface area contributed by atoms with Crippen LogP contribution in [-0.2, 0) is 4.79 Å². The molecule has 10 nitrogen and oxygen atoms in total. The number of carbonyl (C=O) groups excluding carboxylic acids is 1. The summed E-state index contributed by atoms with van der Waals surface area (Å²) in [6, 6.07) is 5.05. The van der Waals surface area contributed by atoms with Gasteiger partial charge in [-0.15, -0.1) is 0 Å². The summed E-state index contributed by atoms with van der Waals surface area (Å²) in [5, 5.41) is 8.24. The number of nitrogens with zero attached hydrogens (tertiary/aromatic N) is 6. The molecule has 3 aromatic heterocycles. The van der Waals surface area contributed by atoms with E-state index >= 15 is 4.39 Å². The quantitative estimate of drug-likeness (QED) is 0.229. The number of piperazine rings is 1. The van der Waals surface area contributed by atoms with Gasteiger partial charge in [-0.25, -0.2) is 9.18 Å². The van der Waals surface area contributed by atoms with E-state index < -0.39 is 11.5 Å². The van der Waals surface area contributed by atoms with Crippen LogP contribution in [0, 0.1) is 19.7 Å². The predicted molar refractivity (Wildman–Crippen MR) is 181 cm³/mol. The van der Waals surface area contributed by atoms with Crippen molar-refractivity contribution < 1.29 is 13.9 Å². The fraction of sp³-hybridized carbons (Fsp3) is 0.343. The maximum atomic E-state index is 17.8. The van der Waals surface area contributed by atoms with Gasteiger partial charge in [0.15, 0.2) is 11.6 Å². The van der Waals surface area contributed by atoms with Gasteiger partial charge in [0.05, 0.1) is 46.2 Å². The Morgan fingerprint density at radius 3 is 2.72 bits per heavy atom. The average molecular weight is 656 g/mol. The van der Waals surface area contributed by atoms with E-state index in [1.807, 2.05) is 51.7 Å². The zero-order valence-electron chi connectivity index (χ0n) is 26.9. The molecule has 2 atom stereocenters. The van der Waals surface area contributed by atoms with Gasteiger partial charge < -0.3 is 14.5 Å². The zero-order valence-corrected chi connectivity index (χ0v) is 27.7. The maximum Gasteiger partial charge on any atom is 0.354 e. The van der Waals surface area contributed by atoms with Gasteiger partial charge in [-0.05, 0) is 56.0 Å². The number of carbonyl (C=O) groups is 1. The molecule has 0 spiro atoms. The number of ether oxygens (including phenoxy) is 1. The molecule has 1 fully saturated rings. The van der Waals surface area contributed by atoms with Crippen LogP contribution in [0.3, 0.4) is 0 Å². The molecule has 242 valence electrons. The maximum absolute atomic E-state index is 17.8. The largest absolute Gasteiger partial charge is 0.491 e. The van der Waals surface area contributed by atoms with Gasteiger partial charge in [0.25, 0.3) is 0 Å². The van der Waals surface area contributed by atoms with E-state index in [-0.39, 0.29) is 58.2 Å². The first-order valence-electron chi connectivity index (χ1n) is 15.7. The number of aryl methyl sites for hydroxylation is 2. The summed E-state index contributed by atoms with van der Waals surface area (Å²) < 4.78 is 25.7. The Kier molecular flexibility index (Phi) is 7.54. The summed E-state index contributed by atoms with van der Waals surface area (Å²) in [7, 11) is 0. The molecule has 47 heavy (non-hydrogen) atoms. The summed E-state index contributed by atoms with van der Waals surface area (Å²) >= 11 is 7.24. The molecular formula is C35H35ClFN7O3. The Balaban J connectivity index is 1.65. The topological polar surface area (TPSA) is 109 Å². The highest BCUT2D eigenvalue weighted by Gasteiger charge is 2.40. The van der Waals surface area contributed by atoms with E-state index in [2.05, 4.69) is 26.7 Å². The van der Waals surface area contributed by atoms with Crippen molar-refractivity contribution in [3.8, 4) is 22.6 Å². The minimum absolute atomic E-state index is 0.00439. The number of hydrogen-bond acceptors (Lipinski definition) is 7. The Hall–Kier alpha value is -4.77. The first-order valence-corrected chi connectivity index (χ1v) is 16.1. The van der Waals surface area contributed by atoms with Crippen LogP contribution in [0.15, 0.2) is 48.0 Å². The molecule has 12 heteroatoms. The molecule has 2 aromatic carbocycles. The van der Waals surface area contributed by atoms with E-state index in [9.17, 15) is 9.59 Å². The molecule has 1 amide bonds. The second-order valence-electron chi connectivity index (χ2n) is 12.7. The first-order chi connectivity index (χ1) is 22.5. The van der Waals surface area contributed by atoms with Crippen LogP contribution in [0.5, 0.6) is 5.75 Å². The lowest BCUT2D eigenvalue weighted by Crippen LogP contribution is -2.60. The molecule has 0 saturated carbocycles. The number of rotatable bonds is 4. The number of nitrogens with one attached hydrogen (secondary N) is 1. The molecule has 5 aromatic rings. The molecule has 0 aliphatic carbocycles. The van der Waals surface area contributed by atoms with Crippen molar-refractivity contribution in [2.75, 3.05) is 24.6 Å². The number of amides is 1. The number of pyridine rings is 1. The molecule has 7 rings (SSSR count). The number of aromatic amines is 1. The normalized spacial score (nSPS) is 17.9. The second kappa shape index (κ2) is 11.5. The third-order valence-corrected chi connectivity index (χ3v) is 9.73. The zero-order chi connectivity index (χ0) is 33.3. The van der Waals surface area contributed by atoms with E-state index in [1.165, 1.54) is 10.6 Å². The summed E-state index contributed by atoms with van der Waals surface area (Å²) in [5.41, 5.74) is 3.34. The van der Waals surface area contributed by atoms with Crippen molar-refractivity contribution in [2.24, 2.45) is 0 Å². The smallest absolute Gasteiger partial charge is 0.354 e. The number of benzene rings is 2. The first kappa shape index (κ1) is 30.9.